The number of amides is 1. The molecular formula is C15H23N3O3. The van der Waals surface area contributed by atoms with Gasteiger partial charge in [-0.15, -0.1) is 0 Å². The predicted octanol–water partition coefficient (Wildman–Crippen LogP) is 0.373. The van der Waals surface area contributed by atoms with Gasteiger partial charge in [-0.05, 0) is 49.6 Å². The Morgan fingerprint density at radius 1 is 1.43 bits per heavy atom. The van der Waals surface area contributed by atoms with Crippen molar-refractivity contribution >= 4 is 5.91 Å². The number of aliphatic hydroxyl groups excluding tert-OH is 1. The first kappa shape index (κ1) is 15.8. The number of aliphatic hydroxyl groups is 1. The summed E-state index contributed by atoms with van der Waals surface area (Å²) < 4.78 is 5.68. The highest BCUT2D eigenvalue weighted by atomic mass is 16.5. The van der Waals surface area contributed by atoms with E-state index in [-0.39, 0.29) is 12.5 Å². The first-order valence-electron chi connectivity index (χ1n) is 7.30. The van der Waals surface area contributed by atoms with Crippen LogP contribution in [-0.2, 0) is 0 Å². The molecule has 1 saturated heterocycles. The quantitative estimate of drug-likeness (QED) is 0.384. The van der Waals surface area contributed by atoms with Crippen molar-refractivity contribution in [1.82, 2.24) is 10.3 Å². The number of nitrogens with zero attached hydrogens (tertiary/aromatic N) is 1. The lowest BCUT2D eigenvalue weighted by atomic mass is 10.1. The van der Waals surface area contributed by atoms with Crippen LogP contribution in [0.5, 0.6) is 5.75 Å². The molecule has 1 fully saturated rings. The van der Waals surface area contributed by atoms with E-state index in [4.69, 9.17) is 15.7 Å². The molecule has 1 aromatic rings. The standard InChI is InChI=1S/C15H23N3O3/c16-17-15(20)13-1-3-14(4-2-13)21-10-8-18-7-5-12(11-18)6-9-19/h1-4,12,19H,5-11,16H2,(H,17,20). The molecule has 1 aromatic carbocycles. The number of likely N-dealkylation sites (tertiary alicyclic amines) is 1. The van der Waals surface area contributed by atoms with Crippen LogP contribution in [0.3, 0.4) is 0 Å². The van der Waals surface area contributed by atoms with E-state index in [1.54, 1.807) is 24.3 Å². The Balaban J connectivity index is 1.70. The summed E-state index contributed by atoms with van der Waals surface area (Å²) in [4.78, 5) is 13.7. The molecule has 1 amide bonds. The minimum atomic E-state index is -0.312. The summed E-state index contributed by atoms with van der Waals surface area (Å²) in [6.07, 6.45) is 2.05. The summed E-state index contributed by atoms with van der Waals surface area (Å²) in [5.41, 5.74) is 2.60. The fourth-order valence-corrected chi connectivity index (χ4v) is 2.61. The summed E-state index contributed by atoms with van der Waals surface area (Å²) in [6.45, 7) is 3.89. The number of rotatable bonds is 7. The summed E-state index contributed by atoms with van der Waals surface area (Å²) >= 11 is 0. The van der Waals surface area contributed by atoms with E-state index in [1.807, 2.05) is 0 Å². The molecule has 1 atom stereocenters. The maximum atomic E-state index is 11.3. The molecule has 0 aromatic heterocycles. The number of nitrogen functional groups attached to an aromatic ring is 1. The zero-order valence-electron chi connectivity index (χ0n) is 12.1. The van der Waals surface area contributed by atoms with Crippen LogP contribution in [-0.4, -0.2) is 48.8 Å². The lowest BCUT2D eigenvalue weighted by Gasteiger charge is -2.16. The van der Waals surface area contributed by atoms with Gasteiger partial charge in [-0.25, -0.2) is 5.84 Å². The number of benzene rings is 1. The van der Waals surface area contributed by atoms with Crippen LogP contribution in [0.1, 0.15) is 23.2 Å². The van der Waals surface area contributed by atoms with Crippen LogP contribution in [0.4, 0.5) is 0 Å². The third-order valence-electron chi connectivity index (χ3n) is 3.83. The largest absolute Gasteiger partial charge is 0.492 e. The average Bonchev–Trinajstić information content (AvgIpc) is 2.95. The molecule has 1 heterocycles. The van der Waals surface area contributed by atoms with E-state index in [1.165, 1.54) is 0 Å². The first-order valence-corrected chi connectivity index (χ1v) is 7.30. The molecule has 2 rings (SSSR count). The second-order valence-electron chi connectivity index (χ2n) is 5.31. The molecule has 0 saturated carbocycles. The number of hydrazine groups is 1. The minimum absolute atomic E-state index is 0.276. The van der Waals surface area contributed by atoms with Crippen molar-refractivity contribution < 1.29 is 14.6 Å². The van der Waals surface area contributed by atoms with Crippen LogP contribution < -0.4 is 16.0 Å². The van der Waals surface area contributed by atoms with E-state index in [0.717, 1.165) is 38.2 Å². The normalized spacial score (nSPS) is 18.7. The molecule has 0 bridgehead atoms. The molecule has 6 heteroatoms. The highest BCUT2D eigenvalue weighted by Gasteiger charge is 2.21. The van der Waals surface area contributed by atoms with Crippen LogP contribution >= 0.6 is 0 Å². The van der Waals surface area contributed by atoms with E-state index in [2.05, 4.69) is 10.3 Å². The Morgan fingerprint density at radius 3 is 2.86 bits per heavy atom. The number of carbonyl (C=O) groups excluding carboxylic acids is 1. The number of hydrogen-bond acceptors (Lipinski definition) is 5. The van der Waals surface area contributed by atoms with Crippen molar-refractivity contribution in [2.45, 2.75) is 12.8 Å². The Morgan fingerprint density at radius 2 is 2.19 bits per heavy atom. The zero-order chi connectivity index (χ0) is 15.1. The third-order valence-corrected chi connectivity index (χ3v) is 3.83. The Bertz CT molecular complexity index is 450. The first-order chi connectivity index (χ1) is 10.2. The highest BCUT2D eigenvalue weighted by Crippen LogP contribution is 2.19. The third kappa shape index (κ3) is 4.70. The van der Waals surface area contributed by atoms with E-state index in [9.17, 15) is 4.79 Å². The van der Waals surface area contributed by atoms with Crippen molar-refractivity contribution in [3.8, 4) is 5.75 Å². The van der Waals surface area contributed by atoms with Crippen molar-refractivity contribution in [2.75, 3.05) is 32.8 Å². The van der Waals surface area contributed by atoms with E-state index in [0.29, 0.717) is 18.1 Å². The summed E-state index contributed by atoms with van der Waals surface area (Å²) in [5, 5.41) is 8.94. The second kappa shape index (κ2) is 7.97. The average molecular weight is 293 g/mol. The number of carbonyl (C=O) groups is 1. The molecule has 0 radical (unpaired) electrons. The van der Waals surface area contributed by atoms with Crippen molar-refractivity contribution in [2.24, 2.45) is 11.8 Å². The molecule has 1 unspecified atom stereocenters. The van der Waals surface area contributed by atoms with Crippen LogP contribution in [0, 0.1) is 5.92 Å². The highest BCUT2D eigenvalue weighted by molar-refractivity contribution is 5.93. The van der Waals surface area contributed by atoms with Gasteiger partial charge >= 0.3 is 0 Å². The van der Waals surface area contributed by atoms with Gasteiger partial charge in [0, 0.05) is 25.3 Å². The molecule has 1 aliphatic rings. The van der Waals surface area contributed by atoms with E-state index >= 15 is 0 Å². The van der Waals surface area contributed by atoms with Gasteiger partial charge in [0.05, 0.1) is 0 Å². The summed E-state index contributed by atoms with van der Waals surface area (Å²) in [5.74, 6) is 6.12. The van der Waals surface area contributed by atoms with Crippen molar-refractivity contribution in [1.29, 1.82) is 0 Å². The lowest BCUT2D eigenvalue weighted by molar-refractivity contribution is 0.0953. The van der Waals surface area contributed by atoms with Gasteiger partial charge in [0.2, 0.25) is 0 Å². The van der Waals surface area contributed by atoms with Gasteiger partial charge < -0.3 is 9.84 Å². The number of nitrogens with two attached hydrogens (primary N) is 1. The van der Waals surface area contributed by atoms with Crippen LogP contribution in [0.2, 0.25) is 0 Å². The lowest BCUT2D eigenvalue weighted by Crippen LogP contribution is -2.29. The number of ether oxygens (including phenoxy) is 1. The molecule has 116 valence electrons. The van der Waals surface area contributed by atoms with Gasteiger partial charge in [0.25, 0.3) is 5.91 Å². The predicted molar refractivity (Wildman–Crippen MR) is 79.8 cm³/mol. The fraction of sp³-hybridized carbons (Fsp3) is 0.533. The van der Waals surface area contributed by atoms with Crippen LogP contribution in [0.15, 0.2) is 24.3 Å². The van der Waals surface area contributed by atoms with Gasteiger partial charge in [0.1, 0.15) is 12.4 Å². The second-order valence-corrected chi connectivity index (χ2v) is 5.31. The maximum Gasteiger partial charge on any atom is 0.265 e. The van der Waals surface area contributed by atoms with Crippen LogP contribution in [0.25, 0.3) is 0 Å². The molecular weight excluding hydrogens is 270 g/mol. The minimum Gasteiger partial charge on any atom is -0.492 e. The number of nitrogens with one attached hydrogen (secondary N) is 1. The van der Waals surface area contributed by atoms with Gasteiger partial charge in [-0.2, -0.15) is 0 Å². The Kier molecular flexibility index (Phi) is 5.98. The van der Waals surface area contributed by atoms with Gasteiger partial charge in [-0.1, -0.05) is 0 Å². The van der Waals surface area contributed by atoms with Gasteiger partial charge in [0.15, 0.2) is 0 Å². The Labute approximate surface area is 124 Å². The molecule has 1 aliphatic heterocycles. The number of hydrogen-bond donors (Lipinski definition) is 3. The van der Waals surface area contributed by atoms with Gasteiger partial charge in [-0.3, -0.25) is 15.1 Å². The maximum absolute atomic E-state index is 11.3. The smallest absolute Gasteiger partial charge is 0.265 e. The summed E-state index contributed by atoms with van der Waals surface area (Å²) in [6, 6.07) is 6.90. The fourth-order valence-electron chi connectivity index (χ4n) is 2.61. The summed E-state index contributed by atoms with van der Waals surface area (Å²) in [7, 11) is 0. The SMILES string of the molecule is NNC(=O)c1ccc(OCCN2CCC(CCO)C2)cc1. The molecule has 4 N–H and O–H groups in total. The van der Waals surface area contributed by atoms with Crippen molar-refractivity contribution in [3.05, 3.63) is 29.8 Å². The zero-order valence-corrected chi connectivity index (χ0v) is 12.1. The molecule has 0 spiro atoms. The topological polar surface area (TPSA) is 87.8 Å². The monoisotopic (exact) mass is 293 g/mol. The van der Waals surface area contributed by atoms with E-state index < -0.39 is 0 Å². The molecule has 0 aliphatic carbocycles. The molecule has 21 heavy (non-hydrogen) atoms. The molecule has 6 nitrogen and oxygen atoms in total. The van der Waals surface area contributed by atoms with Crippen molar-refractivity contribution in [3.63, 3.8) is 0 Å². The Hall–Kier alpha value is -1.63.